The number of aromatic nitrogens is 3. The molecule has 2 aromatic carbocycles. The van der Waals surface area contributed by atoms with Crippen LogP contribution in [0.4, 0.5) is 10.1 Å². The number of carbonyl (C=O) groups excluding carboxylic acids is 1. The molecule has 0 radical (unpaired) electrons. The van der Waals surface area contributed by atoms with E-state index in [1.807, 2.05) is 41.9 Å². The number of rotatable bonds is 4. The molecule has 0 aliphatic carbocycles. The van der Waals surface area contributed by atoms with Gasteiger partial charge >= 0.3 is 0 Å². The summed E-state index contributed by atoms with van der Waals surface area (Å²) in [5.41, 5.74) is 1.35. The van der Waals surface area contributed by atoms with Crippen LogP contribution in [0.15, 0.2) is 58.8 Å². The lowest BCUT2D eigenvalue weighted by molar-refractivity contribution is 0.103. The minimum Gasteiger partial charge on any atom is -0.321 e. The highest BCUT2D eigenvalue weighted by atomic mass is 32.2. The second-order valence-electron chi connectivity index (χ2n) is 5.97. The van der Waals surface area contributed by atoms with Crippen LogP contribution in [0.3, 0.4) is 0 Å². The summed E-state index contributed by atoms with van der Waals surface area (Å²) in [5, 5.41) is 12.1. The molecule has 0 spiro atoms. The third-order valence-electron chi connectivity index (χ3n) is 4.10. The molecule has 136 valence electrons. The summed E-state index contributed by atoms with van der Waals surface area (Å²) < 4.78 is 16.6. The number of amides is 1. The van der Waals surface area contributed by atoms with Crippen LogP contribution in [0.1, 0.15) is 15.2 Å². The van der Waals surface area contributed by atoms with Gasteiger partial charge in [-0.25, -0.2) is 4.39 Å². The van der Waals surface area contributed by atoms with E-state index in [1.54, 1.807) is 19.3 Å². The van der Waals surface area contributed by atoms with Gasteiger partial charge in [0, 0.05) is 27.7 Å². The van der Waals surface area contributed by atoms with Crippen LogP contribution in [0.25, 0.3) is 10.1 Å². The van der Waals surface area contributed by atoms with Crippen molar-refractivity contribution in [1.82, 2.24) is 14.8 Å². The van der Waals surface area contributed by atoms with Gasteiger partial charge in [0.25, 0.3) is 5.91 Å². The smallest absolute Gasteiger partial charge is 0.266 e. The number of nitrogens with zero attached hydrogens (tertiary/aromatic N) is 3. The van der Waals surface area contributed by atoms with E-state index in [2.05, 4.69) is 15.5 Å². The molecule has 0 fully saturated rings. The Labute approximate surface area is 163 Å². The van der Waals surface area contributed by atoms with Crippen LogP contribution in [0.5, 0.6) is 0 Å². The summed E-state index contributed by atoms with van der Waals surface area (Å²) in [7, 11) is 1.88. The number of thiophene rings is 1. The first-order valence-corrected chi connectivity index (χ1v) is 9.77. The maximum atomic E-state index is 14.0. The van der Waals surface area contributed by atoms with Crippen LogP contribution in [0.2, 0.25) is 0 Å². The highest BCUT2D eigenvalue weighted by molar-refractivity contribution is 7.99. The van der Waals surface area contributed by atoms with Crippen molar-refractivity contribution < 1.29 is 9.18 Å². The van der Waals surface area contributed by atoms with Gasteiger partial charge in [-0.2, -0.15) is 0 Å². The van der Waals surface area contributed by atoms with Gasteiger partial charge in [-0.3, -0.25) is 4.79 Å². The second kappa shape index (κ2) is 7.13. The Kier molecular flexibility index (Phi) is 4.67. The van der Waals surface area contributed by atoms with Gasteiger partial charge in [-0.15, -0.1) is 21.5 Å². The van der Waals surface area contributed by atoms with Crippen LogP contribution in [0, 0.1) is 12.7 Å². The molecule has 0 aliphatic rings. The fourth-order valence-corrected chi connectivity index (χ4v) is 4.61. The number of halogens is 1. The van der Waals surface area contributed by atoms with Crippen LogP contribution in [-0.2, 0) is 7.05 Å². The molecule has 0 bridgehead atoms. The highest BCUT2D eigenvalue weighted by Crippen LogP contribution is 2.33. The van der Waals surface area contributed by atoms with Crippen molar-refractivity contribution in [3.8, 4) is 0 Å². The van der Waals surface area contributed by atoms with Crippen LogP contribution < -0.4 is 5.32 Å². The molecule has 0 aliphatic heterocycles. The van der Waals surface area contributed by atoms with E-state index >= 15 is 0 Å². The van der Waals surface area contributed by atoms with Gasteiger partial charge in [0.05, 0.1) is 4.88 Å². The van der Waals surface area contributed by atoms with Gasteiger partial charge in [-0.05, 0) is 60.6 Å². The van der Waals surface area contributed by atoms with E-state index in [-0.39, 0.29) is 11.7 Å². The molecule has 4 aromatic rings. The lowest BCUT2D eigenvalue weighted by Crippen LogP contribution is -2.11. The zero-order valence-corrected chi connectivity index (χ0v) is 16.2. The minimum atomic E-state index is -0.301. The zero-order valence-electron chi connectivity index (χ0n) is 14.6. The minimum absolute atomic E-state index is 0.234. The van der Waals surface area contributed by atoms with Crippen molar-refractivity contribution in [2.24, 2.45) is 7.05 Å². The van der Waals surface area contributed by atoms with Gasteiger partial charge in [0.2, 0.25) is 0 Å². The monoisotopic (exact) mass is 398 g/mol. The Morgan fingerprint density at radius 3 is 2.67 bits per heavy atom. The van der Waals surface area contributed by atoms with Crippen molar-refractivity contribution in [2.45, 2.75) is 17.0 Å². The molecular weight excluding hydrogens is 383 g/mol. The van der Waals surface area contributed by atoms with E-state index in [0.29, 0.717) is 21.5 Å². The SMILES string of the molecule is Cc1c(C(=O)Nc2ccc(Sc3nncn3C)cc2)sc2cccc(F)c12. The molecule has 1 N–H and O–H groups in total. The standard InChI is InChI=1S/C19H15FN4OS2/c1-11-16-14(20)4-3-5-15(16)27-17(11)18(25)22-12-6-8-13(9-7-12)26-19-23-21-10-24(19)2/h3-10H,1-2H3,(H,22,25). The van der Waals surface area contributed by atoms with Gasteiger partial charge in [0.15, 0.2) is 5.16 Å². The third-order valence-corrected chi connectivity index (χ3v) is 6.42. The number of aryl methyl sites for hydroxylation is 2. The number of carbonyl (C=O) groups is 1. The summed E-state index contributed by atoms with van der Waals surface area (Å²) in [6, 6.07) is 12.4. The molecule has 0 unspecified atom stereocenters. The fraction of sp³-hybridized carbons (Fsp3) is 0.105. The van der Waals surface area contributed by atoms with Crippen molar-refractivity contribution in [3.05, 3.63) is 65.0 Å². The van der Waals surface area contributed by atoms with E-state index in [1.165, 1.54) is 29.2 Å². The van der Waals surface area contributed by atoms with Gasteiger partial charge < -0.3 is 9.88 Å². The first kappa shape index (κ1) is 17.7. The molecule has 0 atom stereocenters. The Morgan fingerprint density at radius 1 is 1.22 bits per heavy atom. The summed E-state index contributed by atoms with van der Waals surface area (Å²) in [4.78, 5) is 14.2. The Morgan fingerprint density at radius 2 is 2.00 bits per heavy atom. The van der Waals surface area contributed by atoms with E-state index in [4.69, 9.17) is 0 Å². The van der Waals surface area contributed by atoms with Crippen LogP contribution >= 0.6 is 23.1 Å². The Bertz CT molecular complexity index is 1130. The molecule has 27 heavy (non-hydrogen) atoms. The van der Waals surface area contributed by atoms with E-state index < -0.39 is 0 Å². The molecule has 5 nitrogen and oxygen atoms in total. The predicted molar refractivity (Wildman–Crippen MR) is 106 cm³/mol. The normalized spacial score (nSPS) is 11.1. The first-order valence-electron chi connectivity index (χ1n) is 8.14. The average Bonchev–Trinajstić information content (AvgIpc) is 3.21. The average molecular weight is 398 g/mol. The Balaban J connectivity index is 1.52. The summed E-state index contributed by atoms with van der Waals surface area (Å²) >= 11 is 2.79. The molecule has 0 saturated carbocycles. The highest BCUT2D eigenvalue weighted by Gasteiger charge is 2.18. The number of hydrogen-bond donors (Lipinski definition) is 1. The molecule has 1 amide bonds. The van der Waals surface area contributed by atoms with Crippen molar-refractivity contribution in [2.75, 3.05) is 5.32 Å². The fourth-order valence-electron chi connectivity index (χ4n) is 2.73. The predicted octanol–water partition coefficient (Wildman–Crippen LogP) is 4.88. The van der Waals surface area contributed by atoms with E-state index in [9.17, 15) is 9.18 Å². The molecule has 2 aromatic heterocycles. The maximum Gasteiger partial charge on any atom is 0.266 e. The summed E-state index contributed by atoms with van der Waals surface area (Å²) in [5.74, 6) is -0.535. The zero-order chi connectivity index (χ0) is 19.0. The van der Waals surface area contributed by atoms with Crippen molar-refractivity contribution in [1.29, 1.82) is 0 Å². The van der Waals surface area contributed by atoms with Crippen LogP contribution in [-0.4, -0.2) is 20.7 Å². The quantitative estimate of drug-likeness (QED) is 0.532. The maximum absolute atomic E-state index is 14.0. The molecule has 8 heteroatoms. The number of anilines is 1. The molecule has 2 heterocycles. The molecule has 4 rings (SSSR count). The lowest BCUT2D eigenvalue weighted by Gasteiger charge is -2.06. The summed E-state index contributed by atoms with van der Waals surface area (Å²) in [6.07, 6.45) is 1.65. The topological polar surface area (TPSA) is 59.8 Å². The largest absolute Gasteiger partial charge is 0.321 e. The number of hydrogen-bond acceptors (Lipinski definition) is 5. The van der Waals surface area contributed by atoms with Crippen molar-refractivity contribution in [3.63, 3.8) is 0 Å². The molecule has 0 saturated heterocycles. The summed E-state index contributed by atoms with van der Waals surface area (Å²) in [6.45, 7) is 1.78. The number of nitrogens with one attached hydrogen (secondary N) is 1. The second-order valence-corrected chi connectivity index (χ2v) is 8.07. The number of benzene rings is 2. The van der Waals surface area contributed by atoms with Gasteiger partial charge in [0.1, 0.15) is 12.1 Å². The molecular formula is C19H15FN4OS2. The lowest BCUT2D eigenvalue weighted by atomic mass is 10.1. The van der Waals surface area contributed by atoms with Gasteiger partial charge in [-0.1, -0.05) is 6.07 Å². The number of fused-ring (bicyclic) bond motifs is 1. The Hall–Kier alpha value is -2.71. The van der Waals surface area contributed by atoms with E-state index in [0.717, 1.165) is 14.8 Å². The first-order chi connectivity index (χ1) is 13.0. The van der Waals surface area contributed by atoms with Crippen molar-refractivity contribution >= 4 is 44.8 Å². The third kappa shape index (κ3) is 3.45.